The van der Waals surface area contributed by atoms with Gasteiger partial charge >= 0.3 is 0 Å². The van der Waals surface area contributed by atoms with Crippen LogP contribution in [-0.4, -0.2) is 36.5 Å². The van der Waals surface area contributed by atoms with Crippen LogP contribution in [0.3, 0.4) is 0 Å². The van der Waals surface area contributed by atoms with E-state index < -0.39 is 0 Å². The van der Waals surface area contributed by atoms with E-state index in [0.29, 0.717) is 0 Å². The van der Waals surface area contributed by atoms with Crippen molar-refractivity contribution in [2.45, 2.75) is 32.2 Å². The van der Waals surface area contributed by atoms with E-state index in [9.17, 15) is 4.79 Å². The largest absolute Gasteiger partial charge is 0.348 e. The van der Waals surface area contributed by atoms with E-state index in [2.05, 4.69) is 35.9 Å². The van der Waals surface area contributed by atoms with E-state index >= 15 is 0 Å². The average Bonchev–Trinajstić information content (AvgIpc) is 2.67. The van der Waals surface area contributed by atoms with Gasteiger partial charge in [0.2, 0.25) is 0 Å². The summed E-state index contributed by atoms with van der Waals surface area (Å²) in [6.07, 6.45) is 2.48. The van der Waals surface area contributed by atoms with Gasteiger partial charge in [0.1, 0.15) is 0 Å². The van der Waals surface area contributed by atoms with Gasteiger partial charge in [-0.2, -0.15) is 0 Å². The van der Waals surface area contributed by atoms with Gasteiger partial charge in [-0.15, -0.1) is 0 Å². The number of likely N-dealkylation sites (tertiary alicyclic amines) is 1. The fourth-order valence-electron chi connectivity index (χ4n) is 1.63. The first-order valence-electron chi connectivity index (χ1n) is 5.06. The second kappa shape index (κ2) is 4.47. The summed E-state index contributed by atoms with van der Waals surface area (Å²) in [6.45, 7) is 6.31. The summed E-state index contributed by atoms with van der Waals surface area (Å²) in [5.74, 6) is 5.41. The van der Waals surface area contributed by atoms with Crippen LogP contribution in [0.15, 0.2) is 0 Å². The molecule has 3 nitrogen and oxygen atoms in total. The molecule has 1 amide bonds. The Balaban J connectivity index is 2.62. The van der Waals surface area contributed by atoms with Crippen LogP contribution in [-0.2, 0) is 4.79 Å². The normalized spacial score (nSPS) is 17.4. The number of carbonyl (C=O) groups is 1. The van der Waals surface area contributed by atoms with E-state index in [4.69, 9.17) is 0 Å². The second-order valence-electron chi connectivity index (χ2n) is 4.08. The molecule has 0 aromatic rings. The first-order valence-corrected chi connectivity index (χ1v) is 5.06. The van der Waals surface area contributed by atoms with Crippen LogP contribution in [0.2, 0.25) is 0 Å². The molecule has 0 bridgehead atoms. The molecule has 1 heterocycles. The quantitative estimate of drug-likeness (QED) is 0.620. The summed E-state index contributed by atoms with van der Waals surface area (Å²) >= 11 is 0. The highest BCUT2D eigenvalue weighted by Gasteiger charge is 2.26. The maximum atomic E-state index is 11.0. The lowest BCUT2D eigenvalue weighted by Crippen LogP contribution is -2.40. The zero-order valence-electron chi connectivity index (χ0n) is 9.18. The molecule has 0 saturated carbocycles. The van der Waals surface area contributed by atoms with E-state index in [1.54, 1.807) is 7.05 Å². The zero-order chi connectivity index (χ0) is 10.6. The molecule has 0 aromatic heterocycles. The third-order valence-corrected chi connectivity index (χ3v) is 2.61. The standard InChI is InChI=1S/C11H18N2O/c1-11(2,7-6-10(14)12-3)13-8-4-5-9-13/h4-5,8-9H2,1-3H3,(H,12,14). The van der Waals surface area contributed by atoms with Gasteiger partial charge in [0.15, 0.2) is 0 Å². The number of nitrogens with zero attached hydrogens (tertiary/aromatic N) is 1. The van der Waals surface area contributed by atoms with Gasteiger partial charge in [0.05, 0.1) is 5.54 Å². The highest BCUT2D eigenvalue weighted by Crippen LogP contribution is 2.19. The predicted molar refractivity (Wildman–Crippen MR) is 56.7 cm³/mol. The molecule has 0 spiro atoms. The summed E-state index contributed by atoms with van der Waals surface area (Å²) in [5, 5.41) is 2.50. The van der Waals surface area contributed by atoms with Crippen molar-refractivity contribution in [3.05, 3.63) is 0 Å². The van der Waals surface area contributed by atoms with Crippen molar-refractivity contribution >= 4 is 5.91 Å². The molecule has 3 heteroatoms. The maximum absolute atomic E-state index is 11.0. The van der Waals surface area contributed by atoms with E-state index in [-0.39, 0.29) is 11.4 Å². The molecule has 0 atom stereocenters. The van der Waals surface area contributed by atoms with Gasteiger partial charge < -0.3 is 5.32 Å². The van der Waals surface area contributed by atoms with Crippen molar-refractivity contribution in [3.8, 4) is 11.8 Å². The molecule has 78 valence electrons. The number of nitrogens with one attached hydrogen (secondary N) is 1. The maximum Gasteiger partial charge on any atom is 0.295 e. The van der Waals surface area contributed by atoms with E-state index in [1.165, 1.54) is 12.8 Å². The third kappa shape index (κ3) is 2.74. The lowest BCUT2D eigenvalue weighted by Gasteiger charge is -2.30. The molecule has 1 fully saturated rings. The van der Waals surface area contributed by atoms with Crippen LogP contribution < -0.4 is 5.32 Å². The molecule has 1 N–H and O–H groups in total. The topological polar surface area (TPSA) is 32.3 Å². The van der Waals surface area contributed by atoms with Crippen molar-refractivity contribution in [2.24, 2.45) is 0 Å². The second-order valence-corrected chi connectivity index (χ2v) is 4.08. The van der Waals surface area contributed by atoms with E-state index in [1.807, 2.05) is 0 Å². The molecule has 1 aliphatic heterocycles. The smallest absolute Gasteiger partial charge is 0.295 e. The van der Waals surface area contributed by atoms with Gasteiger partial charge in [-0.25, -0.2) is 0 Å². The van der Waals surface area contributed by atoms with Crippen LogP contribution in [0, 0.1) is 11.8 Å². The van der Waals surface area contributed by atoms with Crippen molar-refractivity contribution < 1.29 is 4.79 Å². The van der Waals surface area contributed by atoms with Crippen LogP contribution in [0.1, 0.15) is 26.7 Å². The number of rotatable bonds is 1. The number of carbonyl (C=O) groups excluding carboxylic acids is 1. The first-order chi connectivity index (χ1) is 6.56. The molecular formula is C11H18N2O. The van der Waals surface area contributed by atoms with Gasteiger partial charge in [-0.3, -0.25) is 9.69 Å². The SMILES string of the molecule is CNC(=O)C#CC(C)(C)N1CCCC1. The Kier molecular flexibility index (Phi) is 3.54. The van der Waals surface area contributed by atoms with Crippen molar-refractivity contribution in [2.75, 3.05) is 20.1 Å². The number of hydrogen-bond acceptors (Lipinski definition) is 2. The van der Waals surface area contributed by atoms with E-state index in [0.717, 1.165) is 13.1 Å². The Morgan fingerprint density at radius 1 is 1.36 bits per heavy atom. The molecule has 0 unspecified atom stereocenters. The minimum Gasteiger partial charge on any atom is -0.348 e. The van der Waals surface area contributed by atoms with Crippen LogP contribution in [0.4, 0.5) is 0 Å². The molecule has 0 aliphatic carbocycles. The first kappa shape index (κ1) is 11.1. The van der Waals surface area contributed by atoms with Gasteiger partial charge in [0.25, 0.3) is 5.91 Å². The van der Waals surface area contributed by atoms with Gasteiger partial charge in [-0.1, -0.05) is 5.92 Å². The molecule has 1 rings (SSSR count). The highest BCUT2D eigenvalue weighted by molar-refractivity contribution is 5.93. The molecule has 0 aromatic carbocycles. The van der Waals surface area contributed by atoms with Crippen molar-refractivity contribution in [1.82, 2.24) is 10.2 Å². The fraction of sp³-hybridized carbons (Fsp3) is 0.727. The Morgan fingerprint density at radius 3 is 2.43 bits per heavy atom. The van der Waals surface area contributed by atoms with Crippen LogP contribution in [0.25, 0.3) is 0 Å². The lowest BCUT2D eigenvalue weighted by atomic mass is 10.0. The predicted octanol–water partition coefficient (Wildman–Crippen LogP) is 0.610. The Hall–Kier alpha value is -1.01. The highest BCUT2D eigenvalue weighted by atomic mass is 16.1. The Morgan fingerprint density at radius 2 is 1.93 bits per heavy atom. The summed E-state index contributed by atoms with van der Waals surface area (Å²) in [4.78, 5) is 13.3. The van der Waals surface area contributed by atoms with Crippen LogP contribution in [0.5, 0.6) is 0 Å². The van der Waals surface area contributed by atoms with Crippen LogP contribution >= 0.6 is 0 Å². The molecule has 0 radical (unpaired) electrons. The van der Waals surface area contributed by atoms with Crippen molar-refractivity contribution in [1.29, 1.82) is 0 Å². The molecule has 1 aliphatic rings. The summed E-state index contributed by atoms with van der Waals surface area (Å²) in [7, 11) is 1.60. The minimum atomic E-state index is -0.211. The van der Waals surface area contributed by atoms with Gasteiger partial charge in [-0.05, 0) is 45.7 Å². The molecule has 1 saturated heterocycles. The Bertz CT molecular complexity index is 267. The number of amides is 1. The minimum absolute atomic E-state index is 0.178. The fourth-order valence-corrected chi connectivity index (χ4v) is 1.63. The molecule has 14 heavy (non-hydrogen) atoms. The average molecular weight is 194 g/mol. The molecular weight excluding hydrogens is 176 g/mol. The monoisotopic (exact) mass is 194 g/mol. The van der Waals surface area contributed by atoms with Crippen molar-refractivity contribution in [3.63, 3.8) is 0 Å². The zero-order valence-corrected chi connectivity index (χ0v) is 9.18. The summed E-state index contributed by atoms with van der Waals surface area (Å²) in [6, 6.07) is 0. The van der Waals surface area contributed by atoms with Gasteiger partial charge in [0, 0.05) is 7.05 Å². The summed E-state index contributed by atoms with van der Waals surface area (Å²) in [5.41, 5.74) is -0.178. The Labute approximate surface area is 85.9 Å². The third-order valence-electron chi connectivity index (χ3n) is 2.61. The lowest BCUT2D eigenvalue weighted by molar-refractivity contribution is -0.115. The summed E-state index contributed by atoms with van der Waals surface area (Å²) < 4.78 is 0. The number of hydrogen-bond donors (Lipinski definition) is 1.